The second-order valence-electron chi connectivity index (χ2n) is 5.27. The van der Waals surface area contributed by atoms with Crippen LogP contribution in [0.2, 0.25) is 0 Å². The molecule has 0 spiro atoms. The fourth-order valence-electron chi connectivity index (χ4n) is 2.16. The molecule has 0 atom stereocenters. The van der Waals surface area contributed by atoms with Gasteiger partial charge in [0.05, 0.1) is 15.6 Å². The van der Waals surface area contributed by atoms with Crippen LogP contribution in [0, 0.1) is 5.41 Å². The molecule has 1 heterocycles. The molecule has 0 amide bonds. The lowest BCUT2D eigenvalue weighted by Crippen LogP contribution is -2.16. The first-order valence-electron chi connectivity index (χ1n) is 6.75. The molecule has 1 aromatic rings. The second-order valence-corrected chi connectivity index (χ2v) is 6.32. The Morgan fingerprint density at radius 3 is 2.89 bits per heavy atom. The van der Waals surface area contributed by atoms with E-state index in [0.717, 1.165) is 24.6 Å². The van der Waals surface area contributed by atoms with Crippen LogP contribution in [0.1, 0.15) is 42.3 Å². The summed E-state index contributed by atoms with van der Waals surface area (Å²) in [5.74, 6) is 0.121. The number of hydrogen-bond acceptors (Lipinski definition) is 5. The number of carbonyl (C=O) groups is 1. The van der Waals surface area contributed by atoms with E-state index in [1.807, 2.05) is 13.0 Å². The molecule has 4 nitrogen and oxygen atoms in total. The van der Waals surface area contributed by atoms with E-state index < -0.39 is 0 Å². The maximum atomic E-state index is 11.7. The molecule has 106 valence electrons. The summed E-state index contributed by atoms with van der Waals surface area (Å²) < 4.78 is 5.15. The molecule has 0 unspecified atom stereocenters. The number of nitrogens with one attached hydrogen (secondary N) is 1. The highest BCUT2D eigenvalue weighted by atomic mass is 32.1. The van der Waals surface area contributed by atoms with E-state index in [4.69, 9.17) is 10.5 Å². The molecule has 5 heteroatoms. The lowest BCUT2D eigenvalue weighted by Gasteiger charge is -2.15. The number of Topliss-reactive ketones (excluding diaryl/α,β-unsaturated/α-hetero) is 1. The van der Waals surface area contributed by atoms with Gasteiger partial charge in [-0.25, -0.2) is 0 Å². The van der Waals surface area contributed by atoms with Crippen LogP contribution in [-0.4, -0.2) is 26.0 Å². The predicted octanol–water partition coefficient (Wildman–Crippen LogP) is 3.15. The van der Waals surface area contributed by atoms with Gasteiger partial charge in [0.1, 0.15) is 0 Å². The quantitative estimate of drug-likeness (QED) is 0.719. The van der Waals surface area contributed by atoms with Crippen LogP contribution >= 0.6 is 11.3 Å². The Morgan fingerprint density at radius 1 is 1.58 bits per heavy atom. The highest BCUT2D eigenvalue weighted by molar-refractivity contribution is 7.18. The Bertz CT molecular complexity index is 452. The molecule has 0 aliphatic heterocycles. The van der Waals surface area contributed by atoms with Crippen molar-refractivity contribution in [3.05, 3.63) is 10.9 Å². The van der Waals surface area contributed by atoms with Gasteiger partial charge in [-0.15, -0.1) is 11.3 Å². The van der Waals surface area contributed by atoms with Gasteiger partial charge >= 0.3 is 0 Å². The second kappa shape index (κ2) is 5.92. The van der Waals surface area contributed by atoms with Crippen molar-refractivity contribution >= 4 is 27.8 Å². The number of nitrogens with two attached hydrogens (primary N) is 1. The summed E-state index contributed by atoms with van der Waals surface area (Å²) in [5.41, 5.74) is 6.87. The number of rotatable bonds is 8. The zero-order valence-corrected chi connectivity index (χ0v) is 12.4. The Labute approximate surface area is 118 Å². The Kier molecular flexibility index (Phi) is 4.47. The van der Waals surface area contributed by atoms with Crippen LogP contribution in [0.25, 0.3) is 0 Å². The molecule has 0 bridgehead atoms. The minimum absolute atomic E-state index is 0.121. The van der Waals surface area contributed by atoms with E-state index in [1.54, 1.807) is 7.11 Å². The van der Waals surface area contributed by atoms with E-state index >= 15 is 0 Å². The molecule has 1 fully saturated rings. The fourth-order valence-corrected chi connectivity index (χ4v) is 3.14. The van der Waals surface area contributed by atoms with Gasteiger partial charge in [0.25, 0.3) is 0 Å². The molecule has 1 aromatic heterocycles. The van der Waals surface area contributed by atoms with Crippen molar-refractivity contribution in [1.82, 2.24) is 0 Å². The van der Waals surface area contributed by atoms with Gasteiger partial charge < -0.3 is 15.8 Å². The SMILES string of the molecule is CCC(=O)c1sc(NCC2(CCOC)CC2)cc1N. The molecule has 1 aliphatic rings. The minimum Gasteiger partial charge on any atom is -0.397 e. The van der Waals surface area contributed by atoms with Gasteiger partial charge in [0, 0.05) is 26.7 Å². The molecular weight excluding hydrogens is 260 g/mol. The van der Waals surface area contributed by atoms with E-state index in [1.165, 1.54) is 24.2 Å². The topological polar surface area (TPSA) is 64.3 Å². The lowest BCUT2D eigenvalue weighted by molar-refractivity contribution is 0.0993. The number of ether oxygens (including phenoxy) is 1. The number of ketones is 1. The lowest BCUT2D eigenvalue weighted by atomic mass is 10.0. The van der Waals surface area contributed by atoms with Gasteiger partial charge in [-0.1, -0.05) is 6.92 Å². The molecule has 3 N–H and O–H groups in total. The predicted molar refractivity (Wildman–Crippen MR) is 80.0 cm³/mol. The molecule has 0 aromatic carbocycles. The minimum atomic E-state index is 0.121. The van der Waals surface area contributed by atoms with E-state index in [9.17, 15) is 4.79 Å². The Balaban J connectivity index is 1.92. The van der Waals surface area contributed by atoms with Gasteiger partial charge in [-0.05, 0) is 30.7 Å². The smallest absolute Gasteiger partial charge is 0.174 e. The van der Waals surface area contributed by atoms with Crippen LogP contribution in [0.15, 0.2) is 6.07 Å². The largest absolute Gasteiger partial charge is 0.397 e. The average molecular weight is 282 g/mol. The van der Waals surface area contributed by atoms with Gasteiger partial charge in [0.2, 0.25) is 0 Å². The zero-order valence-electron chi connectivity index (χ0n) is 11.6. The number of methoxy groups -OCH3 is 1. The summed E-state index contributed by atoms with van der Waals surface area (Å²) in [6.07, 6.45) is 4.11. The first-order valence-corrected chi connectivity index (χ1v) is 7.57. The third-order valence-corrected chi connectivity index (χ3v) is 4.92. The maximum Gasteiger partial charge on any atom is 0.174 e. The summed E-state index contributed by atoms with van der Waals surface area (Å²) in [7, 11) is 1.74. The number of nitrogen functional groups attached to an aromatic ring is 1. The van der Waals surface area contributed by atoms with Gasteiger partial charge in [0.15, 0.2) is 5.78 Å². The van der Waals surface area contributed by atoms with Crippen molar-refractivity contribution in [3.63, 3.8) is 0 Å². The van der Waals surface area contributed by atoms with Crippen molar-refractivity contribution in [2.75, 3.05) is 31.3 Å². The van der Waals surface area contributed by atoms with Crippen molar-refractivity contribution < 1.29 is 9.53 Å². The van der Waals surface area contributed by atoms with E-state index in [-0.39, 0.29) is 5.78 Å². The Hall–Kier alpha value is -1.07. The van der Waals surface area contributed by atoms with Crippen LogP contribution in [-0.2, 0) is 4.74 Å². The van der Waals surface area contributed by atoms with E-state index in [2.05, 4.69) is 5.32 Å². The summed E-state index contributed by atoms with van der Waals surface area (Å²) in [5, 5.41) is 4.43. The fraction of sp³-hybridized carbons (Fsp3) is 0.643. The number of hydrogen-bond donors (Lipinski definition) is 2. The summed E-state index contributed by atoms with van der Waals surface area (Å²) >= 11 is 1.47. The molecule has 1 saturated carbocycles. The Morgan fingerprint density at radius 2 is 2.32 bits per heavy atom. The van der Waals surface area contributed by atoms with Crippen LogP contribution in [0.3, 0.4) is 0 Å². The molecular formula is C14H22N2O2S. The van der Waals surface area contributed by atoms with Gasteiger partial charge in [-0.2, -0.15) is 0 Å². The molecule has 1 aliphatic carbocycles. The summed E-state index contributed by atoms with van der Waals surface area (Å²) in [4.78, 5) is 12.4. The molecule has 19 heavy (non-hydrogen) atoms. The first-order chi connectivity index (χ1) is 9.10. The average Bonchev–Trinajstić information content (AvgIpc) is 3.09. The monoisotopic (exact) mass is 282 g/mol. The van der Waals surface area contributed by atoms with Crippen LogP contribution in [0.5, 0.6) is 0 Å². The third-order valence-electron chi connectivity index (χ3n) is 3.77. The van der Waals surface area contributed by atoms with Crippen molar-refractivity contribution in [2.24, 2.45) is 5.41 Å². The molecule has 0 radical (unpaired) electrons. The van der Waals surface area contributed by atoms with E-state index in [0.29, 0.717) is 22.4 Å². The molecule has 0 saturated heterocycles. The van der Waals surface area contributed by atoms with Gasteiger partial charge in [-0.3, -0.25) is 4.79 Å². The summed E-state index contributed by atoms with van der Waals surface area (Å²) in [6.45, 7) is 3.61. The summed E-state index contributed by atoms with van der Waals surface area (Å²) in [6, 6.07) is 1.87. The highest BCUT2D eigenvalue weighted by Gasteiger charge is 2.41. The zero-order chi connectivity index (χ0) is 13.9. The van der Waals surface area contributed by atoms with Crippen LogP contribution < -0.4 is 11.1 Å². The number of carbonyl (C=O) groups excluding carboxylic acids is 1. The van der Waals surface area contributed by atoms with Crippen molar-refractivity contribution in [1.29, 1.82) is 0 Å². The standard InChI is InChI=1S/C14H22N2O2S/c1-3-11(17)13-10(15)8-12(19-13)16-9-14(4-5-14)6-7-18-2/h8,16H,3-7,9,15H2,1-2H3. The maximum absolute atomic E-state index is 11.7. The van der Waals surface area contributed by atoms with Crippen molar-refractivity contribution in [3.8, 4) is 0 Å². The highest BCUT2D eigenvalue weighted by Crippen LogP contribution is 2.49. The number of thiophene rings is 1. The number of anilines is 2. The van der Waals surface area contributed by atoms with Crippen molar-refractivity contribution in [2.45, 2.75) is 32.6 Å². The first kappa shape index (κ1) is 14.3. The third kappa shape index (κ3) is 3.48. The van der Waals surface area contributed by atoms with Crippen LogP contribution in [0.4, 0.5) is 10.7 Å². The molecule has 2 rings (SSSR count). The normalized spacial score (nSPS) is 16.3.